The Kier molecular flexibility index (Phi) is 4.46. The molecule has 2 aromatic heterocycles. The number of aromatic nitrogens is 2. The van der Waals surface area contributed by atoms with E-state index in [9.17, 15) is 9.59 Å². The number of piperidine rings is 1. The molecule has 2 saturated heterocycles. The van der Waals surface area contributed by atoms with E-state index in [0.29, 0.717) is 43.8 Å². The van der Waals surface area contributed by atoms with Crippen molar-refractivity contribution in [2.45, 2.75) is 50.9 Å². The first kappa shape index (κ1) is 18.4. The molecule has 1 spiro atoms. The van der Waals surface area contributed by atoms with Gasteiger partial charge in [-0.25, -0.2) is 4.98 Å². The highest BCUT2D eigenvalue weighted by molar-refractivity contribution is 5.95. The number of hydrogen-bond acceptors (Lipinski definition) is 5. The molecule has 8 heteroatoms. The van der Waals surface area contributed by atoms with Gasteiger partial charge in [0.1, 0.15) is 17.2 Å². The van der Waals surface area contributed by atoms with E-state index in [4.69, 9.17) is 9.15 Å². The average Bonchev–Trinajstić information content (AvgIpc) is 3.49. The summed E-state index contributed by atoms with van der Waals surface area (Å²) in [6.07, 6.45) is 8.12. The Morgan fingerprint density at radius 3 is 2.59 bits per heavy atom. The summed E-state index contributed by atoms with van der Waals surface area (Å²) >= 11 is 0. The average molecular weight is 398 g/mol. The van der Waals surface area contributed by atoms with Gasteiger partial charge >= 0.3 is 0 Å². The molecule has 8 nitrogen and oxygen atoms in total. The van der Waals surface area contributed by atoms with Crippen molar-refractivity contribution in [2.24, 2.45) is 0 Å². The summed E-state index contributed by atoms with van der Waals surface area (Å²) in [5.74, 6) is 1.56. The largest absolute Gasteiger partial charge is 0.469 e. The molecule has 0 aromatic carbocycles. The maximum atomic E-state index is 13.0. The summed E-state index contributed by atoms with van der Waals surface area (Å²) in [5, 5.41) is 0. The van der Waals surface area contributed by atoms with E-state index in [1.54, 1.807) is 25.5 Å². The minimum absolute atomic E-state index is 0.0186. The molecule has 2 fully saturated rings. The number of hydrogen-bond donors (Lipinski definition) is 0. The maximum Gasteiger partial charge on any atom is 0.257 e. The van der Waals surface area contributed by atoms with Crippen molar-refractivity contribution >= 4 is 11.8 Å². The zero-order valence-corrected chi connectivity index (χ0v) is 16.7. The lowest BCUT2D eigenvalue weighted by Gasteiger charge is -2.46. The van der Waals surface area contributed by atoms with E-state index in [0.717, 1.165) is 31.8 Å². The van der Waals surface area contributed by atoms with Crippen LogP contribution >= 0.6 is 0 Å². The third kappa shape index (κ3) is 3.06. The highest BCUT2D eigenvalue weighted by atomic mass is 16.5. The van der Waals surface area contributed by atoms with Crippen molar-refractivity contribution < 1.29 is 18.7 Å². The highest BCUT2D eigenvalue weighted by Crippen LogP contribution is 2.40. The number of carbonyl (C=O) groups is 2. The van der Waals surface area contributed by atoms with Crippen LogP contribution in [0.15, 0.2) is 29.1 Å². The third-order valence-electron chi connectivity index (χ3n) is 6.49. The molecule has 0 N–H and O–H groups in total. The van der Waals surface area contributed by atoms with E-state index < -0.39 is 11.7 Å². The predicted molar refractivity (Wildman–Crippen MR) is 103 cm³/mol. The Labute approximate surface area is 169 Å². The zero-order chi connectivity index (χ0) is 20.0. The number of ether oxygens (including phenoxy) is 1. The van der Waals surface area contributed by atoms with E-state index in [-0.39, 0.29) is 11.8 Å². The van der Waals surface area contributed by atoms with E-state index in [1.807, 2.05) is 16.0 Å². The molecule has 1 atom stereocenters. The van der Waals surface area contributed by atoms with Crippen LogP contribution in [0.1, 0.15) is 47.6 Å². The Hall–Kier alpha value is -2.61. The van der Waals surface area contributed by atoms with Gasteiger partial charge in [0.25, 0.3) is 11.8 Å². The monoisotopic (exact) mass is 398 g/mol. The molecule has 2 amide bonds. The summed E-state index contributed by atoms with van der Waals surface area (Å²) in [7, 11) is 0. The number of furan rings is 1. The fourth-order valence-corrected chi connectivity index (χ4v) is 4.86. The van der Waals surface area contributed by atoms with Crippen LogP contribution in [-0.2, 0) is 21.7 Å². The molecule has 3 aliphatic heterocycles. The molecular weight excluding hydrogens is 372 g/mol. The molecule has 0 aliphatic carbocycles. The number of imidazole rings is 1. The summed E-state index contributed by atoms with van der Waals surface area (Å²) < 4.78 is 13.8. The Morgan fingerprint density at radius 2 is 1.90 bits per heavy atom. The number of rotatable bonds is 2. The number of fused-ring (bicyclic) bond motifs is 2. The first-order valence-electron chi connectivity index (χ1n) is 10.4. The van der Waals surface area contributed by atoms with Gasteiger partial charge in [0.05, 0.1) is 18.4 Å². The van der Waals surface area contributed by atoms with Crippen molar-refractivity contribution in [3.8, 4) is 0 Å². The maximum absolute atomic E-state index is 13.0. The Morgan fingerprint density at radius 1 is 1.14 bits per heavy atom. The minimum atomic E-state index is -0.621. The molecule has 0 unspecified atom stereocenters. The van der Waals surface area contributed by atoms with Crippen molar-refractivity contribution in [2.75, 3.05) is 26.2 Å². The smallest absolute Gasteiger partial charge is 0.257 e. The Bertz CT molecular complexity index is 919. The molecule has 3 aliphatic rings. The molecule has 5 rings (SSSR count). The molecule has 5 heterocycles. The topological polar surface area (TPSA) is 80.8 Å². The summed E-state index contributed by atoms with van der Waals surface area (Å²) in [5.41, 5.74) is -0.0154. The molecule has 154 valence electrons. The van der Waals surface area contributed by atoms with E-state index in [1.165, 1.54) is 0 Å². The van der Waals surface area contributed by atoms with Gasteiger partial charge in [0, 0.05) is 51.4 Å². The van der Waals surface area contributed by atoms with Gasteiger partial charge in [0.15, 0.2) is 6.10 Å². The van der Waals surface area contributed by atoms with E-state index in [2.05, 4.69) is 9.55 Å². The van der Waals surface area contributed by atoms with Crippen molar-refractivity contribution in [1.29, 1.82) is 0 Å². The van der Waals surface area contributed by atoms with Crippen molar-refractivity contribution in [3.63, 3.8) is 0 Å². The molecule has 0 bridgehead atoms. The van der Waals surface area contributed by atoms with Gasteiger partial charge in [-0.2, -0.15) is 0 Å². The lowest BCUT2D eigenvalue weighted by Crippen LogP contribution is -2.55. The lowest BCUT2D eigenvalue weighted by atomic mass is 9.88. The second-order valence-electron chi connectivity index (χ2n) is 8.22. The first-order valence-corrected chi connectivity index (χ1v) is 10.4. The van der Waals surface area contributed by atoms with Gasteiger partial charge in [-0.15, -0.1) is 0 Å². The SMILES string of the molecule is Cc1occc1C(=O)N1CCC2(CC1)O[C@H](C(=O)N1CCCC1)Cn1ccnc12. The van der Waals surface area contributed by atoms with Gasteiger partial charge in [-0.3, -0.25) is 9.59 Å². The van der Waals surface area contributed by atoms with Crippen LogP contribution in [0.3, 0.4) is 0 Å². The second kappa shape index (κ2) is 7.02. The first-order chi connectivity index (χ1) is 14.1. The van der Waals surface area contributed by atoms with Crippen molar-refractivity contribution in [3.05, 3.63) is 41.9 Å². The zero-order valence-electron chi connectivity index (χ0n) is 16.7. The highest BCUT2D eigenvalue weighted by Gasteiger charge is 2.48. The number of amides is 2. The number of carbonyl (C=O) groups excluding carboxylic acids is 2. The molecule has 0 radical (unpaired) electrons. The van der Waals surface area contributed by atoms with Crippen LogP contribution in [0.2, 0.25) is 0 Å². The minimum Gasteiger partial charge on any atom is -0.469 e. The molecule has 0 saturated carbocycles. The van der Waals surface area contributed by atoms with Gasteiger partial charge in [-0.05, 0) is 25.8 Å². The molecule has 29 heavy (non-hydrogen) atoms. The van der Waals surface area contributed by atoms with Crippen LogP contribution in [-0.4, -0.2) is 63.4 Å². The van der Waals surface area contributed by atoms with Gasteiger partial charge < -0.3 is 23.5 Å². The second-order valence-corrected chi connectivity index (χ2v) is 8.22. The van der Waals surface area contributed by atoms with Gasteiger partial charge in [-0.1, -0.05) is 0 Å². The fraction of sp³-hybridized carbons (Fsp3) is 0.571. The van der Waals surface area contributed by atoms with Gasteiger partial charge in [0.2, 0.25) is 0 Å². The van der Waals surface area contributed by atoms with E-state index >= 15 is 0 Å². The lowest BCUT2D eigenvalue weighted by molar-refractivity contribution is -0.179. The normalized spacial score (nSPS) is 23.4. The number of nitrogens with zero attached hydrogens (tertiary/aromatic N) is 4. The van der Waals surface area contributed by atoms with Crippen LogP contribution in [0, 0.1) is 6.92 Å². The fourth-order valence-electron chi connectivity index (χ4n) is 4.86. The summed E-state index contributed by atoms with van der Waals surface area (Å²) in [6, 6.07) is 1.72. The molecular formula is C21H26N4O4. The summed E-state index contributed by atoms with van der Waals surface area (Å²) in [6.45, 7) is 5.04. The van der Waals surface area contributed by atoms with Crippen molar-refractivity contribution in [1.82, 2.24) is 19.4 Å². The predicted octanol–water partition coefficient (Wildman–Crippen LogP) is 1.94. The molecule has 2 aromatic rings. The van der Waals surface area contributed by atoms with Crippen LogP contribution in [0.25, 0.3) is 0 Å². The number of likely N-dealkylation sites (tertiary alicyclic amines) is 2. The summed E-state index contributed by atoms with van der Waals surface area (Å²) in [4.78, 5) is 34.2. The third-order valence-corrected chi connectivity index (χ3v) is 6.49. The van der Waals surface area contributed by atoms with Crippen LogP contribution in [0.4, 0.5) is 0 Å². The van der Waals surface area contributed by atoms with Crippen LogP contribution in [0.5, 0.6) is 0 Å². The quantitative estimate of drug-likeness (QED) is 0.772. The Balaban J connectivity index is 1.35. The standard InChI is InChI=1S/C21H26N4O4/c1-15-16(4-13-28-15)18(26)24-10-5-21(6-11-24)20-22-7-12-25(20)14-17(29-21)19(27)23-8-2-3-9-23/h4,7,12-13,17H,2-3,5-6,8-11,14H2,1H3/t17-/m0/s1. The number of aryl methyl sites for hydroxylation is 1. The van der Waals surface area contributed by atoms with Crippen LogP contribution < -0.4 is 0 Å².